The fourth-order valence-corrected chi connectivity index (χ4v) is 4.13. The summed E-state index contributed by atoms with van der Waals surface area (Å²) in [4.78, 5) is 27.4. The summed E-state index contributed by atoms with van der Waals surface area (Å²) >= 11 is 7.94. The zero-order chi connectivity index (χ0) is 22.3. The molecule has 2 aromatic rings. The van der Waals surface area contributed by atoms with Gasteiger partial charge in [0, 0.05) is 34.3 Å². The summed E-state index contributed by atoms with van der Waals surface area (Å²) in [5.41, 5.74) is 9.76. The van der Waals surface area contributed by atoms with Gasteiger partial charge in [-0.2, -0.15) is 0 Å². The third-order valence-electron chi connectivity index (χ3n) is 4.52. The van der Waals surface area contributed by atoms with E-state index < -0.39 is 11.4 Å². The van der Waals surface area contributed by atoms with Crippen molar-refractivity contribution in [1.82, 2.24) is 5.32 Å². The molecule has 0 spiro atoms. The lowest BCUT2D eigenvalue weighted by Gasteiger charge is -2.25. The van der Waals surface area contributed by atoms with Crippen molar-refractivity contribution in [3.63, 3.8) is 0 Å². The number of nitrogens with zero attached hydrogens (tertiary/aromatic N) is 1. The Morgan fingerprint density at radius 1 is 1.37 bits per heavy atom. The molecule has 1 heterocycles. The number of benzene rings is 1. The maximum Gasteiger partial charge on any atom is 0.325 e. The highest BCUT2D eigenvalue weighted by Gasteiger charge is 2.25. The predicted molar refractivity (Wildman–Crippen MR) is 125 cm³/mol. The second-order valence-electron chi connectivity index (χ2n) is 7.42. The summed E-state index contributed by atoms with van der Waals surface area (Å²) < 4.78 is 5.27. The van der Waals surface area contributed by atoms with Crippen molar-refractivity contribution in [2.45, 2.75) is 20.8 Å². The number of nitrogen functional groups attached to an aromatic ring is 1. The first-order valence-electron chi connectivity index (χ1n) is 9.30. The molecule has 0 fully saturated rings. The van der Waals surface area contributed by atoms with Gasteiger partial charge >= 0.3 is 5.97 Å². The fraction of sp³-hybridized carbons (Fsp3) is 0.318. The van der Waals surface area contributed by atoms with Crippen LogP contribution in [0.25, 0.3) is 16.0 Å². The van der Waals surface area contributed by atoms with E-state index in [2.05, 4.69) is 21.8 Å². The van der Waals surface area contributed by atoms with Crippen LogP contribution in [0.1, 0.15) is 26.3 Å². The highest BCUT2D eigenvalue weighted by atomic mass is 35.5. The lowest BCUT2D eigenvalue weighted by atomic mass is 9.86. The van der Waals surface area contributed by atoms with Crippen molar-refractivity contribution in [2.75, 3.05) is 25.9 Å². The van der Waals surface area contributed by atoms with Gasteiger partial charge in [0.05, 0.1) is 5.02 Å². The van der Waals surface area contributed by atoms with Gasteiger partial charge in [0.2, 0.25) is 6.41 Å². The van der Waals surface area contributed by atoms with Gasteiger partial charge in [-0.15, -0.1) is 11.3 Å². The molecule has 1 amide bonds. The van der Waals surface area contributed by atoms with Crippen LogP contribution in [0.3, 0.4) is 0 Å². The number of carbonyl (C=O) groups excluding carboxylic acids is 2. The molecule has 2 rings (SSSR count). The Hall–Kier alpha value is -2.64. The maximum absolute atomic E-state index is 11.7. The molecule has 1 aromatic carbocycles. The molecule has 6 nitrogen and oxygen atoms in total. The molecule has 3 N–H and O–H groups in total. The number of hydrogen-bond acceptors (Lipinski definition) is 6. The second-order valence-corrected chi connectivity index (χ2v) is 8.74. The monoisotopic (exact) mass is 447 g/mol. The van der Waals surface area contributed by atoms with Gasteiger partial charge in [0.25, 0.3) is 0 Å². The van der Waals surface area contributed by atoms with E-state index in [9.17, 15) is 9.59 Å². The summed E-state index contributed by atoms with van der Waals surface area (Å²) in [5.74, 6) is -0.491. The van der Waals surface area contributed by atoms with Gasteiger partial charge in [-0.1, -0.05) is 31.5 Å². The van der Waals surface area contributed by atoms with Crippen molar-refractivity contribution >= 4 is 52.3 Å². The Labute approximate surface area is 185 Å². The van der Waals surface area contributed by atoms with Crippen LogP contribution in [-0.2, 0) is 14.3 Å². The van der Waals surface area contributed by atoms with Crippen molar-refractivity contribution in [1.29, 1.82) is 0 Å². The van der Waals surface area contributed by atoms with Crippen LogP contribution < -0.4 is 11.1 Å². The molecule has 0 saturated heterocycles. The minimum Gasteiger partial charge on any atom is -0.463 e. The standard InChI is InChI=1S/C22H26ClN3O3S/c1-14(7-20(25-4)22(2,3)12-29-21(28)10-26-13-27)15-8-19(30-11-15)17-6-5-16(24)9-18(17)23/h5-9,11,13H,10,12,24H2,1-4H3,(H,26,27)/b14-7+,25-20?. The third-order valence-corrected chi connectivity index (χ3v) is 5.80. The molecule has 0 radical (unpaired) electrons. The van der Waals surface area contributed by atoms with E-state index in [0.717, 1.165) is 27.3 Å². The average molecular weight is 448 g/mol. The molecule has 0 aliphatic heterocycles. The summed E-state index contributed by atoms with van der Waals surface area (Å²) in [6.07, 6.45) is 2.46. The lowest BCUT2D eigenvalue weighted by molar-refractivity contribution is -0.145. The molecule has 30 heavy (non-hydrogen) atoms. The molecule has 1 aromatic heterocycles. The topological polar surface area (TPSA) is 93.8 Å². The van der Waals surface area contributed by atoms with Gasteiger partial charge in [-0.25, -0.2) is 0 Å². The smallest absolute Gasteiger partial charge is 0.325 e. The number of rotatable bonds is 9. The largest absolute Gasteiger partial charge is 0.463 e. The molecule has 0 saturated carbocycles. The number of halogens is 1. The first-order valence-corrected chi connectivity index (χ1v) is 10.6. The van der Waals surface area contributed by atoms with E-state index in [1.165, 1.54) is 0 Å². The number of esters is 1. The van der Waals surface area contributed by atoms with E-state index in [1.54, 1.807) is 24.5 Å². The van der Waals surface area contributed by atoms with Gasteiger partial charge in [0.1, 0.15) is 13.2 Å². The number of nitrogens with two attached hydrogens (primary N) is 1. The van der Waals surface area contributed by atoms with Crippen LogP contribution in [0.15, 0.2) is 40.7 Å². The highest BCUT2D eigenvalue weighted by Crippen LogP contribution is 2.36. The number of anilines is 1. The van der Waals surface area contributed by atoms with Crippen LogP contribution in [0.5, 0.6) is 0 Å². The number of allylic oxidation sites excluding steroid dienone is 2. The maximum atomic E-state index is 11.7. The van der Waals surface area contributed by atoms with Crippen LogP contribution >= 0.6 is 22.9 Å². The van der Waals surface area contributed by atoms with Gasteiger partial charge in [-0.3, -0.25) is 14.6 Å². The molecule has 0 bridgehead atoms. The molecular formula is C22H26ClN3O3S. The SMILES string of the molecule is CN=C(/C=C(\C)c1csc(-c2ccc(N)cc2Cl)c1)C(C)(C)COC(=O)CNC=O. The number of hydrogen-bond donors (Lipinski definition) is 2. The minimum atomic E-state index is -0.494. The Morgan fingerprint density at radius 3 is 2.73 bits per heavy atom. The van der Waals surface area contributed by atoms with Gasteiger partial charge in [0.15, 0.2) is 0 Å². The summed E-state index contributed by atoms with van der Waals surface area (Å²) in [6, 6.07) is 7.58. The summed E-state index contributed by atoms with van der Waals surface area (Å²) in [6.45, 7) is 5.91. The number of carbonyl (C=O) groups is 2. The zero-order valence-electron chi connectivity index (χ0n) is 17.5. The van der Waals surface area contributed by atoms with E-state index in [0.29, 0.717) is 17.1 Å². The Morgan fingerprint density at radius 2 is 2.10 bits per heavy atom. The molecule has 160 valence electrons. The number of thiophene rings is 1. The number of aliphatic imine (C=N–C) groups is 1. The molecule has 0 atom stereocenters. The molecule has 8 heteroatoms. The van der Waals surface area contributed by atoms with Gasteiger partial charge in [-0.05, 0) is 47.7 Å². The highest BCUT2D eigenvalue weighted by molar-refractivity contribution is 7.13. The molecule has 0 aliphatic rings. The Bertz CT molecular complexity index is 980. The number of nitrogens with one attached hydrogen (secondary N) is 1. The lowest BCUT2D eigenvalue weighted by Crippen LogP contribution is -2.32. The van der Waals surface area contributed by atoms with Gasteiger partial charge < -0.3 is 15.8 Å². The fourth-order valence-electron chi connectivity index (χ4n) is 2.78. The van der Waals surface area contributed by atoms with E-state index in [4.69, 9.17) is 22.1 Å². The number of ether oxygens (including phenoxy) is 1. The van der Waals surface area contributed by atoms with Crippen molar-refractivity contribution in [3.8, 4) is 10.4 Å². The van der Waals surface area contributed by atoms with Crippen LogP contribution in [0.2, 0.25) is 5.02 Å². The van der Waals surface area contributed by atoms with Crippen molar-refractivity contribution < 1.29 is 14.3 Å². The minimum absolute atomic E-state index is 0.152. The summed E-state index contributed by atoms with van der Waals surface area (Å²) in [7, 11) is 1.71. The van der Waals surface area contributed by atoms with E-state index >= 15 is 0 Å². The summed E-state index contributed by atoms with van der Waals surface area (Å²) in [5, 5.41) is 4.98. The molecule has 0 unspecified atom stereocenters. The van der Waals surface area contributed by atoms with Crippen LogP contribution in [0, 0.1) is 5.41 Å². The Balaban J connectivity index is 2.17. The van der Waals surface area contributed by atoms with Crippen LogP contribution in [0.4, 0.5) is 5.69 Å². The molecular weight excluding hydrogens is 422 g/mol. The third kappa shape index (κ3) is 6.18. The normalized spacial score (nSPS) is 12.6. The zero-order valence-corrected chi connectivity index (χ0v) is 19.1. The predicted octanol–water partition coefficient (Wildman–Crippen LogP) is 4.44. The molecule has 0 aliphatic carbocycles. The van der Waals surface area contributed by atoms with Crippen molar-refractivity contribution in [2.24, 2.45) is 10.4 Å². The first kappa shape index (κ1) is 23.6. The van der Waals surface area contributed by atoms with Crippen LogP contribution in [-0.4, -0.2) is 38.3 Å². The number of amides is 1. The average Bonchev–Trinajstić information content (AvgIpc) is 3.18. The van der Waals surface area contributed by atoms with E-state index in [-0.39, 0.29) is 13.2 Å². The van der Waals surface area contributed by atoms with Crippen molar-refractivity contribution in [3.05, 3.63) is 46.3 Å². The second kappa shape index (κ2) is 10.4. The quantitative estimate of drug-likeness (QED) is 0.257. The first-order chi connectivity index (χ1) is 14.2. The Kier molecular flexibility index (Phi) is 8.20. The van der Waals surface area contributed by atoms with E-state index in [1.807, 2.05) is 39.0 Å².